The second kappa shape index (κ2) is 9.98. The Kier molecular flexibility index (Phi) is 6.89. The Bertz CT molecular complexity index is 982. The third kappa shape index (κ3) is 5.26. The number of benzene rings is 1. The molecule has 8 heteroatoms. The van der Waals surface area contributed by atoms with Gasteiger partial charge in [-0.1, -0.05) is 18.2 Å². The number of ether oxygens (including phenoxy) is 2. The molecule has 2 atom stereocenters. The lowest BCUT2D eigenvalue weighted by Crippen LogP contribution is -2.45. The van der Waals surface area contributed by atoms with Crippen molar-refractivity contribution in [2.24, 2.45) is 7.05 Å². The normalized spacial score (nSPS) is 16.8. The van der Waals surface area contributed by atoms with Crippen LogP contribution in [0, 0.1) is 0 Å². The zero-order chi connectivity index (χ0) is 21.6. The number of thiophene rings is 1. The first-order chi connectivity index (χ1) is 15.1. The van der Waals surface area contributed by atoms with Gasteiger partial charge < -0.3 is 24.3 Å². The molecular formula is C23H28N4O3S. The zero-order valence-electron chi connectivity index (χ0n) is 17.9. The van der Waals surface area contributed by atoms with Crippen molar-refractivity contribution in [3.05, 3.63) is 70.4 Å². The van der Waals surface area contributed by atoms with Crippen molar-refractivity contribution in [3.8, 4) is 5.75 Å². The molecule has 164 valence electrons. The topological polar surface area (TPSA) is 68.6 Å². The lowest BCUT2D eigenvalue weighted by atomic mass is 10.1. The molecule has 2 amide bonds. The van der Waals surface area contributed by atoms with E-state index in [2.05, 4.69) is 16.4 Å². The van der Waals surface area contributed by atoms with Crippen molar-refractivity contribution in [3.63, 3.8) is 0 Å². The van der Waals surface area contributed by atoms with Gasteiger partial charge in [-0.25, -0.2) is 9.78 Å². The van der Waals surface area contributed by atoms with Crippen molar-refractivity contribution in [1.82, 2.24) is 19.8 Å². The Morgan fingerprint density at radius 1 is 1.42 bits per heavy atom. The number of rotatable bonds is 8. The van der Waals surface area contributed by atoms with Gasteiger partial charge in [0, 0.05) is 37.5 Å². The highest BCUT2D eigenvalue weighted by Gasteiger charge is 2.27. The molecule has 0 bridgehead atoms. The number of urea groups is 1. The number of imidazole rings is 1. The summed E-state index contributed by atoms with van der Waals surface area (Å²) in [6, 6.07) is 11.2. The molecule has 0 aliphatic carbocycles. The van der Waals surface area contributed by atoms with Crippen LogP contribution in [0.1, 0.15) is 35.1 Å². The summed E-state index contributed by atoms with van der Waals surface area (Å²) < 4.78 is 13.1. The molecule has 4 rings (SSSR count). The van der Waals surface area contributed by atoms with Gasteiger partial charge in [0.15, 0.2) is 0 Å². The van der Waals surface area contributed by atoms with E-state index in [1.807, 2.05) is 58.4 Å². The maximum Gasteiger partial charge on any atom is 0.318 e. The number of nitrogens with zero attached hydrogens (tertiary/aromatic N) is 3. The predicted octanol–water partition coefficient (Wildman–Crippen LogP) is 3.97. The standard InChI is InChI=1S/C23H28N4O3S/c1-26-11-10-24-22(26)21(17-6-3-7-18(14-17)29-2)25-23(28)27(15-19-8-4-12-30-19)16-20-9-5-13-31-20/h3,5-7,9-11,13-14,19,21H,4,8,12,15-16H2,1-2H3,(H,25,28). The lowest BCUT2D eigenvalue weighted by molar-refractivity contribution is 0.0793. The summed E-state index contributed by atoms with van der Waals surface area (Å²) in [6.45, 7) is 1.88. The van der Waals surface area contributed by atoms with Gasteiger partial charge in [0.1, 0.15) is 17.6 Å². The average Bonchev–Trinajstić information content (AvgIpc) is 3.55. The van der Waals surface area contributed by atoms with Crippen molar-refractivity contribution < 1.29 is 14.3 Å². The van der Waals surface area contributed by atoms with E-state index in [-0.39, 0.29) is 12.1 Å². The Morgan fingerprint density at radius 2 is 2.32 bits per heavy atom. The van der Waals surface area contributed by atoms with Gasteiger partial charge in [-0.3, -0.25) is 0 Å². The largest absolute Gasteiger partial charge is 0.497 e. The Hall–Kier alpha value is -2.84. The van der Waals surface area contributed by atoms with E-state index < -0.39 is 6.04 Å². The van der Waals surface area contributed by atoms with Crippen molar-refractivity contribution in [1.29, 1.82) is 0 Å². The van der Waals surface area contributed by atoms with Gasteiger partial charge >= 0.3 is 6.03 Å². The van der Waals surface area contributed by atoms with E-state index >= 15 is 0 Å². The molecule has 1 aromatic carbocycles. The Balaban J connectivity index is 1.59. The third-order valence-corrected chi connectivity index (χ3v) is 6.33. The number of hydrogen-bond acceptors (Lipinski definition) is 5. The first-order valence-corrected chi connectivity index (χ1v) is 11.3. The molecule has 2 aromatic heterocycles. The molecule has 31 heavy (non-hydrogen) atoms. The maximum absolute atomic E-state index is 13.5. The summed E-state index contributed by atoms with van der Waals surface area (Å²) in [5.41, 5.74) is 0.912. The summed E-state index contributed by atoms with van der Waals surface area (Å²) >= 11 is 1.65. The number of nitrogens with one attached hydrogen (secondary N) is 1. The summed E-state index contributed by atoms with van der Waals surface area (Å²) in [6.07, 6.45) is 5.72. The van der Waals surface area contributed by atoms with Gasteiger partial charge in [-0.2, -0.15) is 0 Å². The molecule has 1 fully saturated rings. The van der Waals surface area contributed by atoms with E-state index in [1.165, 1.54) is 0 Å². The van der Waals surface area contributed by atoms with E-state index in [0.29, 0.717) is 13.1 Å². The molecule has 2 unspecified atom stereocenters. The fourth-order valence-corrected chi connectivity index (χ4v) is 4.55. The first-order valence-electron chi connectivity index (χ1n) is 10.4. The molecule has 1 N–H and O–H groups in total. The maximum atomic E-state index is 13.5. The van der Waals surface area contributed by atoms with Gasteiger partial charge in [0.05, 0.1) is 19.8 Å². The van der Waals surface area contributed by atoms with Crippen LogP contribution in [0.4, 0.5) is 4.79 Å². The van der Waals surface area contributed by atoms with Crippen LogP contribution in [-0.4, -0.2) is 46.8 Å². The van der Waals surface area contributed by atoms with Crippen molar-refractivity contribution in [2.75, 3.05) is 20.3 Å². The van der Waals surface area contributed by atoms with Crippen molar-refractivity contribution >= 4 is 17.4 Å². The third-order valence-electron chi connectivity index (χ3n) is 5.47. The second-order valence-electron chi connectivity index (χ2n) is 7.65. The highest BCUT2D eigenvalue weighted by atomic mass is 32.1. The number of aryl methyl sites for hydroxylation is 1. The monoisotopic (exact) mass is 440 g/mol. The molecule has 7 nitrogen and oxygen atoms in total. The minimum Gasteiger partial charge on any atom is -0.497 e. The van der Waals surface area contributed by atoms with Crippen molar-refractivity contribution in [2.45, 2.75) is 31.5 Å². The lowest BCUT2D eigenvalue weighted by Gasteiger charge is -2.28. The highest BCUT2D eigenvalue weighted by Crippen LogP contribution is 2.25. The van der Waals surface area contributed by atoms with Gasteiger partial charge in [-0.05, 0) is 42.0 Å². The smallest absolute Gasteiger partial charge is 0.318 e. The summed E-state index contributed by atoms with van der Waals surface area (Å²) in [5.74, 6) is 1.50. The average molecular weight is 441 g/mol. The molecule has 3 aromatic rings. The van der Waals surface area contributed by atoms with Gasteiger partial charge in [-0.15, -0.1) is 11.3 Å². The number of carbonyl (C=O) groups excluding carboxylic acids is 1. The molecule has 0 spiro atoms. The fraction of sp³-hybridized carbons (Fsp3) is 0.391. The number of methoxy groups -OCH3 is 1. The van der Waals surface area contributed by atoms with Crippen LogP contribution in [0.25, 0.3) is 0 Å². The molecular weight excluding hydrogens is 412 g/mol. The summed E-state index contributed by atoms with van der Waals surface area (Å²) in [7, 11) is 3.56. The Labute approximate surface area is 186 Å². The van der Waals surface area contributed by atoms with Crippen LogP contribution in [-0.2, 0) is 18.3 Å². The number of carbonyl (C=O) groups is 1. The molecule has 0 radical (unpaired) electrons. The first kappa shape index (κ1) is 21.4. The number of hydrogen-bond donors (Lipinski definition) is 1. The molecule has 1 aliphatic heterocycles. The quantitative estimate of drug-likeness (QED) is 0.576. The molecule has 0 saturated carbocycles. The SMILES string of the molecule is COc1cccc(C(NC(=O)N(Cc2cccs2)CC2CCCO2)c2nccn2C)c1. The van der Waals surface area contributed by atoms with Crippen LogP contribution >= 0.6 is 11.3 Å². The van der Waals surface area contributed by atoms with E-state index in [0.717, 1.165) is 41.5 Å². The van der Waals surface area contributed by atoms with Crippen LogP contribution in [0.5, 0.6) is 5.75 Å². The minimum absolute atomic E-state index is 0.0779. The van der Waals surface area contributed by atoms with E-state index in [4.69, 9.17) is 9.47 Å². The summed E-state index contributed by atoms with van der Waals surface area (Å²) in [5, 5.41) is 5.24. The van der Waals surface area contributed by atoms with Crippen LogP contribution < -0.4 is 10.1 Å². The second-order valence-corrected chi connectivity index (χ2v) is 8.68. The van der Waals surface area contributed by atoms with Crippen LogP contribution in [0.2, 0.25) is 0 Å². The molecule has 1 saturated heterocycles. The number of aromatic nitrogens is 2. The summed E-state index contributed by atoms with van der Waals surface area (Å²) in [4.78, 5) is 21.0. The van der Waals surface area contributed by atoms with E-state index in [9.17, 15) is 4.79 Å². The molecule has 3 heterocycles. The minimum atomic E-state index is -0.405. The zero-order valence-corrected chi connectivity index (χ0v) is 18.7. The van der Waals surface area contributed by atoms with Gasteiger partial charge in [0.2, 0.25) is 0 Å². The highest BCUT2D eigenvalue weighted by molar-refractivity contribution is 7.09. The van der Waals surface area contributed by atoms with E-state index in [1.54, 1.807) is 24.6 Å². The van der Waals surface area contributed by atoms with Gasteiger partial charge in [0.25, 0.3) is 0 Å². The van der Waals surface area contributed by atoms with Crippen LogP contribution in [0.15, 0.2) is 54.2 Å². The van der Waals surface area contributed by atoms with Crippen LogP contribution in [0.3, 0.4) is 0 Å². The fourth-order valence-electron chi connectivity index (χ4n) is 3.83. The predicted molar refractivity (Wildman–Crippen MR) is 120 cm³/mol. The Morgan fingerprint density at radius 3 is 3.00 bits per heavy atom. The number of amides is 2. The molecule has 1 aliphatic rings.